The summed E-state index contributed by atoms with van der Waals surface area (Å²) in [6, 6.07) is 18.9. The lowest BCUT2D eigenvalue weighted by Crippen LogP contribution is -2.34. The number of hydrogen-bond donors (Lipinski definition) is 2. The lowest BCUT2D eigenvalue weighted by Gasteiger charge is -2.12. The van der Waals surface area contributed by atoms with Gasteiger partial charge in [-0.05, 0) is 59.7 Å². The standard InChI is InChI=1S/C19H15ClN2OS/c1-12-6-9-16(20)11-17(12)21-19(24)22-18(23)15-8-7-13-4-2-3-5-14(13)10-15/h2-11H,1H3,(H2,21,22,23,24). The lowest BCUT2D eigenvalue weighted by atomic mass is 10.1. The van der Waals surface area contributed by atoms with Crippen LogP contribution in [0.15, 0.2) is 60.7 Å². The van der Waals surface area contributed by atoms with E-state index in [1.54, 1.807) is 18.2 Å². The molecular formula is C19H15ClN2OS. The van der Waals surface area contributed by atoms with Crippen molar-refractivity contribution in [1.29, 1.82) is 0 Å². The number of thiocarbonyl (C=S) groups is 1. The number of aryl methyl sites for hydroxylation is 1. The number of anilines is 1. The van der Waals surface area contributed by atoms with Gasteiger partial charge in [0.1, 0.15) is 0 Å². The van der Waals surface area contributed by atoms with Crippen molar-refractivity contribution < 1.29 is 4.79 Å². The van der Waals surface area contributed by atoms with Gasteiger partial charge in [0.15, 0.2) is 5.11 Å². The van der Waals surface area contributed by atoms with Crippen LogP contribution in [-0.4, -0.2) is 11.0 Å². The number of fused-ring (bicyclic) bond motifs is 1. The summed E-state index contributed by atoms with van der Waals surface area (Å²) >= 11 is 11.2. The van der Waals surface area contributed by atoms with Gasteiger partial charge in [0, 0.05) is 16.3 Å². The molecule has 24 heavy (non-hydrogen) atoms. The van der Waals surface area contributed by atoms with Crippen LogP contribution in [0.1, 0.15) is 15.9 Å². The van der Waals surface area contributed by atoms with Gasteiger partial charge in [-0.1, -0.05) is 48.0 Å². The first-order valence-electron chi connectivity index (χ1n) is 7.40. The molecule has 2 N–H and O–H groups in total. The minimum absolute atomic E-state index is 0.235. The van der Waals surface area contributed by atoms with E-state index in [2.05, 4.69) is 10.6 Å². The molecule has 3 aromatic carbocycles. The predicted octanol–water partition coefficient (Wildman–Crippen LogP) is 4.93. The number of hydrogen-bond acceptors (Lipinski definition) is 2. The van der Waals surface area contributed by atoms with E-state index < -0.39 is 0 Å². The molecule has 0 aliphatic rings. The van der Waals surface area contributed by atoms with Crippen LogP contribution >= 0.6 is 23.8 Å². The highest BCUT2D eigenvalue weighted by Crippen LogP contribution is 2.20. The zero-order valence-corrected chi connectivity index (χ0v) is 14.5. The molecule has 120 valence electrons. The van der Waals surface area contributed by atoms with Crippen molar-refractivity contribution in [2.24, 2.45) is 0 Å². The summed E-state index contributed by atoms with van der Waals surface area (Å²) in [5.41, 5.74) is 2.31. The minimum atomic E-state index is -0.252. The minimum Gasteiger partial charge on any atom is -0.332 e. The first-order chi connectivity index (χ1) is 11.5. The quantitative estimate of drug-likeness (QED) is 0.641. The maximum atomic E-state index is 12.4. The molecule has 5 heteroatoms. The Balaban J connectivity index is 1.73. The third kappa shape index (κ3) is 3.72. The maximum Gasteiger partial charge on any atom is 0.257 e. The Bertz CT molecular complexity index is 940. The molecule has 0 saturated carbocycles. The van der Waals surface area contributed by atoms with Crippen LogP contribution in [0.5, 0.6) is 0 Å². The molecule has 3 nitrogen and oxygen atoms in total. The topological polar surface area (TPSA) is 41.1 Å². The Labute approximate surface area is 150 Å². The Morgan fingerprint density at radius 2 is 1.75 bits per heavy atom. The van der Waals surface area contributed by atoms with Gasteiger partial charge in [-0.3, -0.25) is 10.1 Å². The van der Waals surface area contributed by atoms with Gasteiger partial charge in [0.25, 0.3) is 5.91 Å². The van der Waals surface area contributed by atoms with E-state index in [0.717, 1.165) is 22.0 Å². The molecule has 0 atom stereocenters. The Hall–Kier alpha value is -2.43. The first-order valence-corrected chi connectivity index (χ1v) is 8.19. The number of amides is 1. The molecule has 0 unspecified atom stereocenters. The van der Waals surface area contributed by atoms with Crippen molar-refractivity contribution in [3.8, 4) is 0 Å². The van der Waals surface area contributed by atoms with Crippen molar-refractivity contribution in [2.75, 3.05) is 5.32 Å². The monoisotopic (exact) mass is 354 g/mol. The van der Waals surface area contributed by atoms with Crippen LogP contribution in [-0.2, 0) is 0 Å². The van der Waals surface area contributed by atoms with Crippen molar-refractivity contribution in [2.45, 2.75) is 6.92 Å². The van der Waals surface area contributed by atoms with E-state index in [4.69, 9.17) is 23.8 Å². The smallest absolute Gasteiger partial charge is 0.257 e. The third-order valence-corrected chi connectivity index (χ3v) is 4.13. The van der Waals surface area contributed by atoms with Gasteiger partial charge in [0.05, 0.1) is 0 Å². The summed E-state index contributed by atoms with van der Waals surface area (Å²) in [5, 5.41) is 8.63. The summed E-state index contributed by atoms with van der Waals surface area (Å²) in [6.07, 6.45) is 0. The predicted molar refractivity (Wildman–Crippen MR) is 104 cm³/mol. The van der Waals surface area contributed by atoms with Gasteiger partial charge in [0.2, 0.25) is 0 Å². The highest BCUT2D eigenvalue weighted by atomic mass is 35.5. The van der Waals surface area contributed by atoms with Crippen LogP contribution in [0.25, 0.3) is 10.8 Å². The number of carbonyl (C=O) groups excluding carboxylic acids is 1. The van der Waals surface area contributed by atoms with Gasteiger partial charge in [-0.2, -0.15) is 0 Å². The summed E-state index contributed by atoms with van der Waals surface area (Å²) in [5.74, 6) is -0.252. The zero-order chi connectivity index (χ0) is 17.1. The van der Waals surface area contributed by atoms with E-state index in [1.807, 2.05) is 49.4 Å². The van der Waals surface area contributed by atoms with Crippen LogP contribution in [0.3, 0.4) is 0 Å². The van der Waals surface area contributed by atoms with E-state index in [0.29, 0.717) is 10.6 Å². The molecular weight excluding hydrogens is 340 g/mol. The summed E-state index contributed by atoms with van der Waals surface area (Å²) < 4.78 is 0. The third-order valence-electron chi connectivity index (χ3n) is 3.69. The molecule has 1 amide bonds. The molecule has 0 aliphatic carbocycles. The van der Waals surface area contributed by atoms with Gasteiger partial charge in [-0.25, -0.2) is 0 Å². The molecule has 0 heterocycles. The number of rotatable bonds is 2. The van der Waals surface area contributed by atoms with Crippen LogP contribution in [0.4, 0.5) is 5.69 Å². The van der Waals surface area contributed by atoms with Crippen LogP contribution in [0.2, 0.25) is 5.02 Å². The number of benzene rings is 3. The highest BCUT2D eigenvalue weighted by Gasteiger charge is 2.09. The maximum absolute atomic E-state index is 12.4. The molecule has 0 radical (unpaired) electrons. The van der Waals surface area contributed by atoms with Gasteiger partial charge in [-0.15, -0.1) is 0 Å². The molecule has 0 bridgehead atoms. The summed E-state index contributed by atoms with van der Waals surface area (Å²) in [6.45, 7) is 1.94. The molecule has 0 saturated heterocycles. The number of nitrogens with one attached hydrogen (secondary N) is 2. The average molecular weight is 355 g/mol. The van der Waals surface area contributed by atoms with Gasteiger partial charge >= 0.3 is 0 Å². The van der Waals surface area contributed by atoms with E-state index in [9.17, 15) is 4.79 Å². The largest absolute Gasteiger partial charge is 0.332 e. The van der Waals surface area contributed by atoms with Crippen LogP contribution < -0.4 is 10.6 Å². The molecule has 3 rings (SSSR count). The van der Waals surface area contributed by atoms with Gasteiger partial charge < -0.3 is 5.32 Å². The second-order valence-electron chi connectivity index (χ2n) is 5.43. The van der Waals surface area contributed by atoms with E-state index >= 15 is 0 Å². The summed E-state index contributed by atoms with van der Waals surface area (Å²) in [4.78, 5) is 12.4. The van der Waals surface area contributed by atoms with E-state index in [-0.39, 0.29) is 11.0 Å². The fourth-order valence-electron chi connectivity index (χ4n) is 2.39. The second kappa shape index (κ2) is 6.99. The lowest BCUT2D eigenvalue weighted by molar-refractivity contribution is 0.0978. The molecule has 0 aliphatic heterocycles. The molecule has 0 spiro atoms. The molecule has 3 aromatic rings. The Morgan fingerprint density at radius 3 is 2.54 bits per heavy atom. The fourth-order valence-corrected chi connectivity index (χ4v) is 2.76. The SMILES string of the molecule is Cc1ccc(Cl)cc1NC(=S)NC(=O)c1ccc2ccccc2c1. The van der Waals surface area contributed by atoms with Crippen molar-refractivity contribution in [3.05, 3.63) is 76.8 Å². The number of halogens is 1. The number of carbonyl (C=O) groups is 1. The van der Waals surface area contributed by atoms with Crippen molar-refractivity contribution >= 4 is 51.3 Å². The molecule has 0 fully saturated rings. The van der Waals surface area contributed by atoms with E-state index in [1.165, 1.54) is 0 Å². The summed E-state index contributed by atoms with van der Waals surface area (Å²) in [7, 11) is 0. The normalized spacial score (nSPS) is 10.4. The first kappa shape index (κ1) is 16.4. The zero-order valence-electron chi connectivity index (χ0n) is 13.0. The fraction of sp³-hybridized carbons (Fsp3) is 0.0526. The van der Waals surface area contributed by atoms with Crippen molar-refractivity contribution in [1.82, 2.24) is 5.32 Å². The Morgan fingerprint density at radius 1 is 1.00 bits per heavy atom. The van der Waals surface area contributed by atoms with Crippen molar-refractivity contribution in [3.63, 3.8) is 0 Å². The van der Waals surface area contributed by atoms with Crippen LogP contribution in [0, 0.1) is 6.92 Å². The highest BCUT2D eigenvalue weighted by molar-refractivity contribution is 7.80. The Kier molecular flexibility index (Phi) is 4.79. The molecule has 0 aromatic heterocycles. The second-order valence-corrected chi connectivity index (χ2v) is 6.27. The average Bonchev–Trinajstić information content (AvgIpc) is 2.57.